The van der Waals surface area contributed by atoms with Crippen molar-refractivity contribution in [2.45, 2.75) is 44.7 Å². The van der Waals surface area contributed by atoms with Gasteiger partial charge in [0.25, 0.3) is 0 Å². The molecule has 1 aromatic carbocycles. The van der Waals surface area contributed by atoms with Gasteiger partial charge in [-0.2, -0.15) is 0 Å². The second-order valence-corrected chi connectivity index (χ2v) is 9.77. The summed E-state index contributed by atoms with van der Waals surface area (Å²) in [6.07, 6.45) is 0.0742. The molecule has 2 aromatic heterocycles. The molecule has 170 valence electrons. The molecular formula is C21H26N6O3S2. The highest BCUT2D eigenvalue weighted by Gasteiger charge is 2.17. The number of ether oxygens (including phenoxy) is 1. The third-order valence-electron chi connectivity index (χ3n) is 4.43. The fourth-order valence-corrected chi connectivity index (χ4v) is 4.17. The van der Waals surface area contributed by atoms with E-state index in [0.717, 1.165) is 5.56 Å². The molecule has 9 nitrogen and oxygen atoms in total. The number of thioether (sulfide) groups is 1. The number of hydrogen-bond donors (Lipinski definition) is 2. The van der Waals surface area contributed by atoms with Crippen LogP contribution in [-0.4, -0.2) is 44.1 Å². The van der Waals surface area contributed by atoms with Crippen molar-refractivity contribution in [1.82, 2.24) is 19.9 Å². The fourth-order valence-electron chi connectivity index (χ4n) is 2.78. The van der Waals surface area contributed by atoms with Crippen LogP contribution in [0.4, 0.5) is 5.13 Å². The zero-order valence-corrected chi connectivity index (χ0v) is 20.0. The predicted molar refractivity (Wildman–Crippen MR) is 126 cm³/mol. The van der Waals surface area contributed by atoms with E-state index in [1.807, 2.05) is 12.1 Å². The van der Waals surface area contributed by atoms with Crippen molar-refractivity contribution in [2.75, 3.05) is 23.5 Å². The second-order valence-electron chi connectivity index (χ2n) is 7.97. The molecule has 3 aromatic rings. The summed E-state index contributed by atoms with van der Waals surface area (Å²) in [5.41, 5.74) is 2.67. The minimum atomic E-state index is -0.350. The average Bonchev–Trinajstić information content (AvgIpc) is 3.32. The lowest BCUT2D eigenvalue weighted by Gasteiger charge is -2.19. The summed E-state index contributed by atoms with van der Waals surface area (Å²) in [4.78, 5) is 28.0. The van der Waals surface area contributed by atoms with Gasteiger partial charge < -0.3 is 15.9 Å². The van der Waals surface area contributed by atoms with Crippen molar-refractivity contribution in [1.29, 1.82) is 0 Å². The van der Waals surface area contributed by atoms with Crippen molar-refractivity contribution in [3.63, 3.8) is 0 Å². The first-order chi connectivity index (χ1) is 15.2. The topological polar surface area (TPSA) is 125 Å². The minimum Gasteiger partial charge on any atom is -0.466 e. The lowest BCUT2D eigenvalue weighted by Crippen LogP contribution is -2.16. The lowest BCUT2D eigenvalue weighted by atomic mass is 9.87. The van der Waals surface area contributed by atoms with Gasteiger partial charge in [-0.3, -0.25) is 9.59 Å². The van der Waals surface area contributed by atoms with Crippen LogP contribution in [0.1, 0.15) is 39.0 Å². The molecule has 11 heteroatoms. The first-order valence-corrected chi connectivity index (χ1v) is 11.9. The number of aromatic nitrogens is 4. The number of nitrogens with zero attached hydrogens (tertiary/aromatic N) is 4. The summed E-state index contributed by atoms with van der Waals surface area (Å²) in [7, 11) is 0. The molecule has 0 bridgehead atoms. The standard InChI is InChI=1S/C21H26N6O3S2/c1-5-30-17(29)10-15-11-31-19(23-15)24-16(28)12-32-20-26-25-18(27(20)22)13-6-8-14(9-7-13)21(2,3)4/h6-9,11H,5,10,12,22H2,1-4H3,(H,23,24,28). The maximum absolute atomic E-state index is 12.3. The van der Waals surface area contributed by atoms with Crippen LogP contribution >= 0.6 is 23.1 Å². The Bertz CT molecular complexity index is 1090. The van der Waals surface area contributed by atoms with E-state index in [2.05, 4.69) is 53.4 Å². The molecule has 0 aliphatic carbocycles. The number of esters is 1. The van der Waals surface area contributed by atoms with E-state index in [1.54, 1.807) is 12.3 Å². The van der Waals surface area contributed by atoms with Gasteiger partial charge in [-0.05, 0) is 17.9 Å². The van der Waals surface area contributed by atoms with E-state index in [4.69, 9.17) is 10.6 Å². The van der Waals surface area contributed by atoms with Gasteiger partial charge in [0.05, 0.1) is 24.5 Å². The van der Waals surface area contributed by atoms with Crippen molar-refractivity contribution < 1.29 is 14.3 Å². The van der Waals surface area contributed by atoms with Crippen LogP contribution in [0.2, 0.25) is 0 Å². The lowest BCUT2D eigenvalue weighted by molar-refractivity contribution is -0.142. The highest BCUT2D eigenvalue weighted by molar-refractivity contribution is 7.99. The predicted octanol–water partition coefficient (Wildman–Crippen LogP) is 3.25. The molecule has 1 amide bonds. The number of nitrogens with two attached hydrogens (primary N) is 1. The highest BCUT2D eigenvalue weighted by Crippen LogP contribution is 2.26. The van der Waals surface area contributed by atoms with Crippen LogP contribution in [0.25, 0.3) is 11.4 Å². The molecule has 0 saturated carbocycles. The Kier molecular flexibility index (Phi) is 7.52. The van der Waals surface area contributed by atoms with Gasteiger partial charge in [0, 0.05) is 10.9 Å². The summed E-state index contributed by atoms with van der Waals surface area (Å²) in [6, 6.07) is 8.03. The zero-order chi connectivity index (χ0) is 23.3. The Morgan fingerprint density at radius 3 is 2.59 bits per heavy atom. The first kappa shape index (κ1) is 23.7. The Balaban J connectivity index is 1.56. The molecule has 0 spiro atoms. The Labute approximate surface area is 194 Å². The van der Waals surface area contributed by atoms with Gasteiger partial charge in [0.15, 0.2) is 11.0 Å². The monoisotopic (exact) mass is 474 g/mol. The smallest absolute Gasteiger partial charge is 0.311 e. The highest BCUT2D eigenvalue weighted by atomic mass is 32.2. The van der Waals surface area contributed by atoms with Crippen LogP contribution in [-0.2, 0) is 26.2 Å². The van der Waals surface area contributed by atoms with Crippen molar-refractivity contribution in [2.24, 2.45) is 0 Å². The number of benzene rings is 1. The normalized spacial score (nSPS) is 11.4. The number of rotatable bonds is 8. The molecule has 0 aliphatic heterocycles. The third-order valence-corrected chi connectivity index (χ3v) is 6.18. The number of anilines is 1. The zero-order valence-electron chi connectivity index (χ0n) is 18.4. The molecule has 3 N–H and O–H groups in total. The van der Waals surface area contributed by atoms with Crippen molar-refractivity contribution in [3.8, 4) is 11.4 Å². The largest absolute Gasteiger partial charge is 0.466 e. The van der Waals surface area contributed by atoms with Crippen LogP contribution in [0.15, 0.2) is 34.8 Å². The van der Waals surface area contributed by atoms with Gasteiger partial charge in [-0.25, -0.2) is 9.66 Å². The summed E-state index contributed by atoms with van der Waals surface area (Å²) >= 11 is 2.43. The van der Waals surface area contributed by atoms with Gasteiger partial charge >= 0.3 is 5.97 Å². The SMILES string of the molecule is CCOC(=O)Cc1csc(NC(=O)CSc2nnc(-c3ccc(C(C)(C)C)cc3)n2N)n1. The number of carbonyl (C=O) groups is 2. The maximum Gasteiger partial charge on any atom is 0.311 e. The summed E-state index contributed by atoms with van der Waals surface area (Å²) in [5.74, 6) is 6.16. The molecule has 0 unspecified atom stereocenters. The van der Waals surface area contributed by atoms with Crippen LogP contribution in [0.5, 0.6) is 0 Å². The van der Waals surface area contributed by atoms with E-state index in [0.29, 0.717) is 28.4 Å². The molecule has 0 aliphatic rings. The van der Waals surface area contributed by atoms with E-state index in [1.165, 1.54) is 33.3 Å². The molecule has 0 saturated heterocycles. The molecule has 0 radical (unpaired) electrons. The Morgan fingerprint density at radius 1 is 1.22 bits per heavy atom. The molecule has 2 heterocycles. The third kappa shape index (κ3) is 6.07. The van der Waals surface area contributed by atoms with E-state index < -0.39 is 0 Å². The van der Waals surface area contributed by atoms with Gasteiger partial charge in [0.2, 0.25) is 11.1 Å². The van der Waals surface area contributed by atoms with Gasteiger partial charge in [0.1, 0.15) is 0 Å². The Morgan fingerprint density at radius 2 is 1.94 bits per heavy atom. The maximum atomic E-state index is 12.3. The van der Waals surface area contributed by atoms with E-state index in [-0.39, 0.29) is 29.5 Å². The quantitative estimate of drug-likeness (QED) is 0.290. The van der Waals surface area contributed by atoms with Gasteiger partial charge in [-0.15, -0.1) is 21.5 Å². The number of nitrogen functional groups attached to an aromatic ring is 1. The van der Waals surface area contributed by atoms with Crippen LogP contribution in [0.3, 0.4) is 0 Å². The van der Waals surface area contributed by atoms with E-state index >= 15 is 0 Å². The number of hydrogen-bond acceptors (Lipinski definition) is 9. The summed E-state index contributed by atoms with van der Waals surface area (Å²) < 4.78 is 6.28. The van der Waals surface area contributed by atoms with Crippen molar-refractivity contribution in [3.05, 3.63) is 40.9 Å². The van der Waals surface area contributed by atoms with E-state index in [9.17, 15) is 9.59 Å². The van der Waals surface area contributed by atoms with Crippen LogP contribution in [0, 0.1) is 0 Å². The molecule has 0 atom stereocenters. The minimum absolute atomic E-state index is 0.0558. The fraction of sp³-hybridized carbons (Fsp3) is 0.381. The second kappa shape index (κ2) is 10.1. The van der Waals surface area contributed by atoms with Crippen molar-refractivity contribution >= 4 is 40.1 Å². The number of nitrogens with one attached hydrogen (secondary N) is 1. The first-order valence-electron chi connectivity index (χ1n) is 10.0. The average molecular weight is 475 g/mol. The van der Waals surface area contributed by atoms with Gasteiger partial charge in [-0.1, -0.05) is 56.8 Å². The molecule has 3 rings (SSSR count). The number of thiazole rings is 1. The Hall–Kier alpha value is -2.92. The van der Waals surface area contributed by atoms with Crippen LogP contribution < -0.4 is 11.2 Å². The molecule has 0 fully saturated rings. The molecule has 32 heavy (non-hydrogen) atoms. The number of amides is 1. The summed E-state index contributed by atoms with van der Waals surface area (Å²) in [5, 5.41) is 13.5. The summed E-state index contributed by atoms with van der Waals surface area (Å²) in [6.45, 7) is 8.52. The molecular weight excluding hydrogens is 448 g/mol. The number of carbonyl (C=O) groups excluding carboxylic acids is 2.